The van der Waals surface area contributed by atoms with Crippen LogP contribution < -0.4 is 10.7 Å². The van der Waals surface area contributed by atoms with E-state index < -0.39 is 0 Å². The van der Waals surface area contributed by atoms with Crippen LogP contribution in [0.4, 0.5) is 11.4 Å². The smallest absolute Gasteiger partial charge is 0.276 e. The molecule has 4 rings (SSSR count). The van der Waals surface area contributed by atoms with Gasteiger partial charge in [0.1, 0.15) is 0 Å². The summed E-state index contributed by atoms with van der Waals surface area (Å²) >= 11 is 6.04. The largest absolute Gasteiger partial charge is 0.320 e. The van der Waals surface area contributed by atoms with E-state index in [0.717, 1.165) is 22.5 Å². The first-order valence-corrected chi connectivity index (χ1v) is 8.09. The highest BCUT2D eigenvalue weighted by molar-refractivity contribution is 6.54. The first-order chi connectivity index (χ1) is 12.0. The van der Waals surface area contributed by atoms with Crippen molar-refractivity contribution in [3.63, 3.8) is 0 Å². The van der Waals surface area contributed by atoms with E-state index in [0.29, 0.717) is 27.6 Å². The van der Waals surface area contributed by atoms with E-state index in [-0.39, 0.29) is 5.91 Å². The van der Waals surface area contributed by atoms with Crippen LogP contribution in [0, 0.1) is 13.8 Å². The summed E-state index contributed by atoms with van der Waals surface area (Å²) in [5.41, 5.74) is 7.73. The number of carbonyl (C=O) groups is 1. The second-order valence-corrected chi connectivity index (χ2v) is 6.29. The Labute approximate surface area is 148 Å². The molecule has 0 spiro atoms. The van der Waals surface area contributed by atoms with E-state index in [9.17, 15) is 4.79 Å². The first-order valence-electron chi connectivity index (χ1n) is 7.71. The minimum absolute atomic E-state index is 0.270. The van der Waals surface area contributed by atoms with Gasteiger partial charge in [0, 0.05) is 27.4 Å². The summed E-state index contributed by atoms with van der Waals surface area (Å²) in [6.45, 7) is 3.81. The molecule has 3 heterocycles. The lowest BCUT2D eigenvalue weighted by Crippen LogP contribution is -2.16. The normalized spacial score (nSPS) is 14.7. The van der Waals surface area contributed by atoms with Crippen molar-refractivity contribution >= 4 is 45.6 Å². The number of carbonyl (C=O) groups excluding carboxylic acids is 1. The van der Waals surface area contributed by atoms with Gasteiger partial charge < -0.3 is 5.32 Å². The standard InChI is InChI=1S/C18H14ClN5O/c1-9-3-5-12-15(7-10(2)21-17(12)20-9)23-24-16-13-8-11(19)4-6-14(13)22-18(16)25/h3-8H,1-2H3,(H,20,21,23)(H,22,24,25). The molecule has 0 saturated carbocycles. The fraction of sp³-hybridized carbons (Fsp3) is 0.111. The monoisotopic (exact) mass is 351 g/mol. The van der Waals surface area contributed by atoms with Crippen LogP contribution in [-0.2, 0) is 4.79 Å². The number of nitrogens with zero attached hydrogens (tertiary/aromatic N) is 3. The number of aromatic nitrogens is 2. The van der Waals surface area contributed by atoms with E-state index >= 15 is 0 Å². The number of anilines is 2. The molecule has 6 nitrogen and oxygen atoms in total. The summed E-state index contributed by atoms with van der Waals surface area (Å²) in [5, 5.41) is 8.47. The highest BCUT2D eigenvalue weighted by Crippen LogP contribution is 2.27. The van der Waals surface area contributed by atoms with Crippen LogP contribution in [0.15, 0.2) is 41.5 Å². The molecule has 0 atom stereocenters. The molecule has 3 aromatic rings. The van der Waals surface area contributed by atoms with Crippen molar-refractivity contribution in [2.75, 3.05) is 10.7 Å². The minimum atomic E-state index is -0.270. The molecule has 0 unspecified atom stereocenters. The fourth-order valence-electron chi connectivity index (χ4n) is 2.77. The summed E-state index contributed by atoms with van der Waals surface area (Å²) < 4.78 is 0. The van der Waals surface area contributed by atoms with Crippen LogP contribution in [-0.4, -0.2) is 21.6 Å². The van der Waals surface area contributed by atoms with Crippen molar-refractivity contribution in [3.8, 4) is 0 Å². The Morgan fingerprint density at radius 3 is 2.72 bits per heavy atom. The zero-order chi connectivity index (χ0) is 17.6. The van der Waals surface area contributed by atoms with E-state index in [1.807, 2.05) is 32.0 Å². The highest BCUT2D eigenvalue weighted by atomic mass is 35.5. The van der Waals surface area contributed by atoms with Crippen LogP contribution >= 0.6 is 11.6 Å². The highest BCUT2D eigenvalue weighted by Gasteiger charge is 2.26. The van der Waals surface area contributed by atoms with Gasteiger partial charge >= 0.3 is 0 Å². The lowest BCUT2D eigenvalue weighted by Gasteiger charge is -2.08. The third-order valence-corrected chi connectivity index (χ3v) is 4.16. The summed E-state index contributed by atoms with van der Waals surface area (Å²) in [6.07, 6.45) is 0. The van der Waals surface area contributed by atoms with Crippen molar-refractivity contribution in [3.05, 3.63) is 58.4 Å². The molecule has 1 amide bonds. The Morgan fingerprint density at radius 2 is 1.88 bits per heavy atom. The minimum Gasteiger partial charge on any atom is -0.320 e. The topological polar surface area (TPSA) is 79.3 Å². The zero-order valence-corrected chi connectivity index (χ0v) is 14.3. The van der Waals surface area contributed by atoms with Crippen molar-refractivity contribution in [1.82, 2.24) is 9.97 Å². The number of halogens is 1. The number of benzene rings is 1. The van der Waals surface area contributed by atoms with Crippen LogP contribution in [0.3, 0.4) is 0 Å². The summed E-state index contributed by atoms with van der Waals surface area (Å²) in [4.78, 5) is 21.1. The molecule has 2 N–H and O–H groups in total. The molecule has 0 bridgehead atoms. The molecular formula is C18H14ClN5O. The molecule has 25 heavy (non-hydrogen) atoms. The van der Waals surface area contributed by atoms with Crippen LogP contribution in [0.2, 0.25) is 5.02 Å². The maximum atomic E-state index is 12.2. The number of fused-ring (bicyclic) bond motifs is 2. The van der Waals surface area contributed by atoms with Gasteiger partial charge in [-0.15, -0.1) is 0 Å². The van der Waals surface area contributed by atoms with Crippen LogP contribution in [0.25, 0.3) is 11.0 Å². The number of nitrogens with one attached hydrogen (secondary N) is 2. The molecule has 1 aromatic carbocycles. The van der Waals surface area contributed by atoms with Gasteiger partial charge in [-0.25, -0.2) is 9.97 Å². The SMILES string of the molecule is Cc1ccc2c(N/N=C3\C(=O)Nc4ccc(Cl)cc43)cc(C)nc2n1. The van der Waals surface area contributed by atoms with Gasteiger partial charge in [0.15, 0.2) is 11.4 Å². The number of amides is 1. The molecule has 0 aliphatic carbocycles. The summed E-state index contributed by atoms with van der Waals surface area (Å²) in [5.74, 6) is -0.270. The average Bonchev–Trinajstić information content (AvgIpc) is 2.86. The first kappa shape index (κ1) is 15.5. The molecule has 7 heteroatoms. The lowest BCUT2D eigenvalue weighted by atomic mass is 10.1. The second-order valence-electron chi connectivity index (χ2n) is 5.85. The Bertz CT molecular complexity index is 1060. The van der Waals surface area contributed by atoms with Gasteiger partial charge in [-0.05, 0) is 50.2 Å². The summed E-state index contributed by atoms with van der Waals surface area (Å²) in [6, 6.07) is 10.9. The van der Waals surface area contributed by atoms with Gasteiger partial charge in [-0.1, -0.05) is 11.6 Å². The molecule has 124 valence electrons. The van der Waals surface area contributed by atoms with Crippen molar-refractivity contribution in [1.29, 1.82) is 0 Å². The Kier molecular flexibility index (Phi) is 3.62. The number of aryl methyl sites for hydroxylation is 2. The second kappa shape index (κ2) is 5.82. The Hall–Kier alpha value is -2.99. The van der Waals surface area contributed by atoms with Gasteiger partial charge in [-0.3, -0.25) is 10.2 Å². The number of hydrazone groups is 1. The van der Waals surface area contributed by atoms with Gasteiger partial charge in [0.25, 0.3) is 5.91 Å². The lowest BCUT2D eigenvalue weighted by molar-refractivity contribution is -0.110. The molecule has 2 aromatic heterocycles. The average molecular weight is 352 g/mol. The number of hydrogen-bond donors (Lipinski definition) is 2. The van der Waals surface area contributed by atoms with Gasteiger partial charge in [-0.2, -0.15) is 5.10 Å². The zero-order valence-electron chi connectivity index (χ0n) is 13.6. The van der Waals surface area contributed by atoms with Gasteiger partial charge in [0.05, 0.1) is 11.4 Å². The number of rotatable bonds is 2. The molecular weight excluding hydrogens is 338 g/mol. The maximum Gasteiger partial charge on any atom is 0.276 e. The van der Waals surface area contributed by atoms with Gasteiger partial charge in [0.2, 0.25) is 0 Å². The van der Waals surface area contributed by atoms with Crippen molar-refractivity contribution in [2.45, 2.75) is 13.8 Å². The Balaban J connectivity index is 1.77. The quantitative estimate of drug-likeness (QED) is 0.690. The van der Waals surface area contributed by atoms with Crippen molar-refractivity contribution in [2.24, 2.45) is 5.10 Å². The third kappa shape index (κ3) is 2.81. The van der Waals surface area contributed by atoms with Crippen LogP contribution in [0.1, 0.15) is 17.0 Å². The predicted octanol–water partition coefficient (Wildman–Crippen LogP) is 3.67. The predicted molar refractivity (Wildman–Crippen MR) is 99.3 cm³/mol. The summed E-state index contributed by atoms with van der Waals surface area (Å²) in [7, 11) is 0. The molecule has 0 saturated heterocycles. The number of hydrogen-bond acceptors (Lipinski definition) is 5. The van der Waals surface area contributed by atoms with E-state index in [4.69, 9.17) is 11.6 Å². The van der Waals surface area contributed by atoms with Crippen molar-refractivity contribution < 1.29 is 4.79 Å². The van der Waals surface area contributed by atoms with E-state index in [1.165, 1.54) is 0 Å². The molecule has 1 aliphatic rings. The fourth-order valence-corrected chi connectivity index (χ4v) is 2.94. The Morgan fingerprint density at radius 1 is 1.08 bits per heavy atom. The molecule has 0 radical (unpaired) electrons. The molecule has 1 aliphatic heterocycles. The third-order valence-electron chi connectivity index (χ3n) is 3.93. The molecule has 0 fully saturated rings. The van der Waals surface area contributed by atoms with Crippen LogP contribution in [0.5, 0.6) is 0 Å². The number of pyridine rings is 2. The van der Waals surface area contributed by atoms with E-state index in [2.05, 4.69) is 25.8 Å². The maximum absolute atomic E-state index is 12.2. The van der Waals surface area contributed by atoms with E-state index in [1.54, 1.807) is 18.2 Å².